The number of ether oxygens (including phenoxy) is 1. The van der Waals surface area contributed by atoms with Gasteiger partial charge in [0.15, 0.2) is 17.4 Å². The van der Waals surface area contributed by atoms with Crippen LogP contribution in [-0.4, -0.2) is 28.9 Å². The van der Waals surface area contributed by atoms with Crippen LogP contribution in [0.3, 0.4) is 0 Å². The third-order valence-corrected chi connectivity index (χ3v) is 2.18. The first-order valence-electron chi connectivity index (χ1n) is 5.18. The van der Waals surface area contributed by atoms with Gasteiger partial charge in [0.1, 0.15) is 6.61 Å². The van der Waals surface area contributed by atoms with E-state index in [4.69, 9.17) is 5.11 Å². The Morgan fingerprint density at radius 3 is 2.21 bits per heavy atom. The largest absolute Gasteiger partial charge is 0.485 e. The lowest BCUT2D eigenvalue weighted by atomic mass is 10.2. The number of carbonyl (C=O) groups is 1. The van der Waals surface area contributed by atoms with Gasteiger partial charge in [-0.15, -0.1) is 0 Å². The first-order chi connectivity index (χ1) is 8.82. The quantitative estimate of drug-likeness (QED) is 0.617. The van der Waals surface area contributed by atoms with E-state index in [1.807, 2.05) is 0 Å². The third kappa shape index (κ3) is 4.09. The molecule has 0 saturated heterocycles. The van der Waals surface area contributed by atoms with Gasteiger partial charge in [-0.2, -0.15) is 8.78 Å². The van der Waals surface area contributed by atoms with E-state index in [-0.39, 0.29) is 18.9 Å². The zero-order valence-corrected chi connectivity index (χ0v) is 9.50. The SMILES string of the molecule is O=C(O)CCC(O)COc1c(F)c(F)cc(F)c1F. The molecular formula is C11H10F4O4. The van der Waals surface area contributed by atoms with Gasteiger partial charge in [-0.3, -0.25) is 4.79 Å². The Labute approximate surface area is 105 Å². The molecule has 106 valence electrons. The molecular weight excluding hydrogens is 272 g/mol. The number of halogens is 4. The Bertz CT molecular complexity index is 452. The van der Waals surface area contributed by atoms with Gasteiger partial charge in [0.25, 0.3) is 0 Å². The van der Waals surface area contributed by atoms with Crippen LogP contribution in [0.1, 0.15) is 12.8 Å². The zero-order valence-electron chi connectivity index (χ0n) is 9.50. The van der Waals surface area contributed by atoms with Gasteiger partial charge in [-0.25, -0.2) is 8.78 Å². The average Bonchev–Trinajstić information content (AvgIpc) is 2.34. The van der Waals surface area contributed by atoms with Crippen LogP contribution in [0.15, 0.2) is 6.07 Å². The van der Waals surface area contributed by atoms with Crippen LogP contribution in [0.2, 0.25) is 0 Å². The number of benzene rings is 1. The number of carboxylic acid groups (broad SMARTS) is 1. The van der Waals surface area contributed by atoms with Crippen molar-refractivity contribution in [3.05, 3.63) is 29.3 Å². The predicted octanol–water partition coefficient (Wildman–Crippen LogP) is 1.85. The topological polar surface area (TPSA) is 66.8 Å². The highest BCUT2D eigenvalue weighted by Crippen LogP contribution is 2.26. The molecule has 1 atom stereocenters. The van der Waals surface area contributed by atoms with Crippen LogP contribution in [0, 0.1) is 23.3 Å². The van der Waals surface area contributed by atoms with Crippen molar-refractivity contribution in [2.75, 3.05) is 6.61 Å². The first-order valence-corrected chi connectivity index (χ1v) is 5.18. The molecule has 0 aromatic heterocycles. The van der Waals surface area contributed by atoms with Crippen molar-refractivity contribution in [3.63, 3.8) is 0 Å². The minimum Gasteiger partial charge on any atom is -0.485 e. The summed E-state index contributed by atoms with van der Waals surface area (Å²) < 4.78 is 56.3. The van der Waals surface area contributed by atoms with Gasteiger partial charge < -0.3 is 14.9 Å². The van der Waals surface area contributed by atoms with Crippen molar-refractivity contribution in [2.45, 2.75) is 18.9 Å². The second-order valence-electron chi connectivity index (χ2n) is 3.69. The summed E-state index contributed by atoms with van der Waals surface area (Å²) in [5.74, 6) is -9.16. The van der Waals surface area contributed by atoms with Gasteiger partial charge >= 0.3 is 5.97 Å². The lowest BCUT2D eigenvalue weighted by Crippen LogP contribution is -2.20. The van der Waals surface area contributed by atoms with Crippen LogP contribution >= 0.6 is 0 Å². The standard InChI is InChI=1S/C11H10F4O4/c12-6-3-7(13)10(15)11(9(6)14)19-4-5(16)1-2-8(17)18/h3,5,16H,1-2,4H2,(H,17,18). The van der Waals surface area contributed by atoms with Crippen LogP contribution < -0.4 is 4.74 Å². The van der Waals surface area contributed by atoms with E-state index in [2.05, 4.69) is 4.74 Å². The maximum Gasteiger partial charge on any atom is 0.303 e. The Morgan fingerprint density at radius 1 is 1.21 bits per heavy atom. The number of aliphatic hydroxyl groups excluding tert-OH is 1. The highest BCUT2D eigenvalue weighted by atomic mass is 19.2. The molecule has 0 saturated carbocycles. The molecule has 2 N–H and O–H groups in total. The minimum absolute atomic E-state index is 0.0262. The van der Waals surface area contributed by atoms with Gasteiger partial charge in [-0.1, -0.05) is 0 Å². The first kappa shape index (κ1) is 15.2. The highest BCUT2D eigenvalue weighted by Gasteiger charge is 2.21. The molecule has 19 heavy (non-hydrogen) atoms. The second-order valence-corrected chi connectivity index (χ2v) is 3.69. The van der Waals surface area contributed by atoms with E-state index in [1.165, 1.54) is 0 Å². The number of hydrogen-bond donors (Lipinski definition) is 2. The van der Waals surface area contributed by atoms with E-state index in [1.54, 1.807) is 0 Å². The van der Waals surface area contributed by atoms with E-state index >= 15 is 0 Å². The van der Waals surface area contributed by atoms with Crippen molar-refractivity contribution in [1.29, 1.82) is 0 Å². The summed E-state index contributed by atoms with van der Waals surface area (Å²) in [6.07, 6.45) is -1.94. The van der Waals surface area contributed by atoms with Gasteiger partial charge in [0.2, 0.25) is 11.6 Å². The molecule has 0 aliphatic rings. The maximum atomic E-state index is 13.1. The molecule has 1 unspecified atom stereocenters. The molecule has 0 spiro atoms. The molecule has 0 bridgehead atoms. The van der Waals surface area contributed by atoms with Crippen LogP contribution in [0.5, 0.6) is 5.75 Å². The molecule has 4 nitrogen and oxygen atoms in total. The number of carboxylic acids is 1. The summed E-state index contributed by atoms with van der Waals surface area (Å²) >= 11 is 0. The summed E-state index contributed by atoms with van der Waals surface area (Å²) in [6.45, 7) is -0.690. The van der Waals surface area contributed by atoms with Crippen LogP contribution in [0.25, 0.3) is 0 Å². The smallest absolute Gasteiger partial charge is 0.303 e. The number of hydrogen-bond acceptors (Lipinski definition) is 3. The molecule has 0 heterocycles. The Hall–Kier alpha value is -1.83. The van der Waals surface area contributed by atoms with Crippen molar-refractivity contribution < 1.29 is 37.3 Å². The fraction of sp³-hybridized carbons (Fsp3) is 0.364. The average molecular weight is 282 g/mol. The van der Waals surface area contributed by atoms with E-state index in [0.717, 1.165) is 0 Å². The Morgan fingerprint density at radius 2 is 1.74 bits per heavy atom. The minimum atomic E-state index is -1.72. The molecule has 0 aliphatic heterocycles. The van der Waals surface area contributed by atoms with Gasteiger partial charge in [0, 0.05) is 12.5 Å². The highest BCUT2D eigenvalue weighted by molar-refractivity contribution is 5.66. The van der Waals surface area contributed by atoms with Gasteiger partial charge in [-0.05, 0) is 6.42 Å². The normalized spacial score (nSPS) is 12.3. The van der Waals surface area contributed by atoms with E-state index in [0.29, 0.717) is 0 Å². The van der Waals surface area contributed by atoms with Gasteiger partial charge in [0.05, 0.1) is 6.10 Å². The van der Waals surface area contributed by atoms with Crippen molar-refractivity contribution in [3.8, 4) is 5.75 Å². The molecule has 1 aromatic carbocycles. The second kappa shape index (κ2) is 6.37. The molecule has 1 aromatic rings. The lowest BCUT2D eigenvalue weighted by molar-refractivity contribution is -0.137. The predicted molar refractivity (Wildman–Crippen MR) is 54.6 cm³/mol. The Kier molecular flexibility index (Phi) is 5.11. The molecule has 8 heteroatoms. The maximum absolute atomic E-state index is 13.1. The molecule has 0 radical (unpaired) electrons. The monoisotopic (exact) mass is 282 g/mol. The number of rotatable bonds is 6. The molecule has 0 amide bonds. The summed E-state index contributed by atoms with van der Waals surface area (Å²) in [5, 5.41) is 17.6. The summed E-state index contributed by atoms with van der Waals surface area (Å²) in [7, 11) is 0. The zero-order chi connectivity index (χ0) is 14.6. The number of aliphatic carboxylic acids is 1. The molecule has 0 fully saturated rings. The Balaban J connectivity index is 2.70. The third-order valence-electron chi connectivity index (χ3n) is 2.18. The van der Waals surface area contributed by atoms with Crippen LogP contribution in [-0.2, 0) is 4.79 Å². The molecule has 0 aliphatic carbocycles. The van der Waals surface area contributed by atoms with E-state index in [9.17, 15) is 27.5 Å². The van der Waals surface area contributed by atoms with E-state index < -0.39 is 47.7 Å². The fourth-order valence-corrected chi connectivity index (χ4v) is 1.23. The van der Waals surface area contributed by atoms with Crippen molar-refractivity contribution in [2.24, 2.45) is 0 Å². The number of aliphatic hydroxyl groups is 1. The van der Waals surface area contributed by atoms with Crippen molar-refractivity contribution >= 4 is 5.97 Å². The molecule has 1 rings (SSSR count). The van der Waals surface area contributed by atoms with Crippen molar-refractivity contribution in [1.82, 2.24) is 0 Å². The fourth-order valence-electron chi connectivity index (χ4n) is 1.23. The summed E-state index contributed by atoms with van der Waals surface area (Å²) in [6, 6.07) is 0.0262. The lowest BCUT2D eigenvalue weighted by Gasteiger charge is -2.13. The summed E-state index contributed by atoms with van der Waals surface area (Å²) in [5.41, 5.74) is 0. The summed E-state index contributed by atoms with van der Waals surface area (Å²) in [4.78, 5) is 10.2. The van der Waals surface area contributed by atoms with Crippen LogP contribution in [0.4, 0.5) is 17.6 Å².